The quantitative estimate of drug-likeness (QED) is 0.784. The van der Waals surface area contributed by atoms with Crippen molar-refractivity contribution in [2.75, 3.05) is 40.4 Å². The molecule has 2 amide bonds. The summed E-state index contributed by atoms with van der Waals surface area (Å²) < 4.78 is 18.6. The molecule has 1 atom stereocenters. The van der Waals surface area contributed by atoms with Crippen molar-refractivity contribution in [1.29, 1.82) is 0 Å². The van der Waals surface area contributed by atoms with E-state index in [1.807, 2.05) is 4.90 Å². The molecule has 2 rings (SSSR count). The number of nitrogens with one attached hydrogen (secondary N) is 1. The van der Waals surface area contributed by atoms with Crippen molar-refractivity contribution < 1.29 is 18.7 Å². The largest absolute Gasteiger partial charge is 0.383 e. The van der Waals surface area contributed by atoms with Gasteiger partial charge >= 0.3 is 0 Å². The molecule has 1 aliphatic rings. The molecule has 138 valence electrons. The number of ether oxygens (including phenoxy) is 1. The van der Waals surface area contributed by atoms with E-state index in [0.29, 0.717) is 38.3 Å². The number of hydrogen-bond donors (Lipinski definition) is 1. The summed E-state index contributed by atoms with van der Waals surface area (Å²) in [7, 11) is 3.25. The zero-order chi connectivity index (χ0) is 18.4. The zero-order valence-corrected chi connectivity index (χ0v) is 15.2. The number of carbonyl (C=O) groups excluding carboxylic acids is 2. The number of methoxy groups -OCH3 is 1. The number of halogens is 2. The second-order valence-electron chi connectivity index (χ2n) is 6.04. The molecule has 0 spiro atoms. The lowest BCUT2D eigenvalue weighted by molar-refractivity contribution is -0.138. The lowest BCUT2D eigenvalue weighted by atomic mass is 10.1. The average molecular weight is 372 g/mol. The number of carbonyl (C=O) groups is 2. The van der Waals surface area contributed by atoms with Crippen molar-refractivity contribution in [3.05, 3.63) is 34.6 Å². The van der Waals surface area contributed by atoms with Gasteiger partial charge in [-0.1, -0.05) is 17.7 Å². The van der Waals surface area contributed by atoms with Crippen molar-refractivity contribution in [2.24, 2.45) is 0 Å². The number of hydrogen-bond acceptors (Lipinski definition) is 4. The van der Waals surface area contributed by atoms with Crippen LogP contribution >= 0.6 is 11.6 Å². The molecule has 0 saturated carbocycles. The smallest absolute Gasteiger partial charge is 0.237 e. The first-order chi connectivity index (χ1) is 11.9. The first-order valence-corrected chi connectivity index (χ1v) is 8.48. The minimum atomic E-state index is -0.579. The molecule has 6 nitrogen and oxygen atoms in total. The number of amides is 2. The molecule has 1 aliphatic heterocycles. The standard InChI is InChI=1S/C17H23ClFN3O3/c1-21(7-8-25-2)16(23)10-15-17(24)20-5-6-22(15)11-12-3-4-13(18)14(19)9-12/h3-4,9,15H,5-8,10-11H2,1-2H3,(H,20,24)/t15-/m1/s1. The summed E-state index contributed by atoms with van der Waals surface area (Å²) in [5.74, 6) is -0.812. The van der Waals surface area contributed by atoms with Crippen LogP contribution in [0.2, 0.25) is 5.02 Å². The second kappa shape index (κ2) is 9.12. The van der Waals surface area contributed by atoms with E-state index in [0.717, 1.165) is 0 Å². The summed E-state index contributed by atoms with van der Waals surface area (Å²) in [6, 6.07) is 4.00. The van der Waals surface area contributed by atoms with Crippen molar-refractivity contribution in [3.63, 3.8) is 0 Å². The van der Waals surface area contributed by atoms with Crippen LogP contribution in [-0.2, 0) is 20.9 Å². The number of rotatable bonds is 7. The van der Waals surface area contributed by atoms with Crippen LogP contribution < -0.4 is 5.32 Å². The van der Waals surface area contributed by atoms with Gasteiger partial charge in [-0.3, -0.25) is 14.5 Å². The lowest BCUT2D eigenvalue weighted by Crippen LogP contribution is -2.56. The molecule has 25 heavy (non-hydrogen) atoms. The third-order valence-electron chi connectivity index (χ3n) is 4.24. The van der Waals surface area contributed by atoms with Crippen LogP contribution in [0.25, 0.3) is 0 Å². The molecule has 1 fully saturated rings. The molecule has 0 aromatic heterocycles. The van der Waals surface area contributed by atoms with E-state index >= 15 is 0 Å². The monoisotopic (exact) mass is 371 g/mol. The highest BCUT2D eigenvalue weighted by molar-refractivity contribution is 6.30. The zero-order valence-electron chi connectivity index (χ0n) is 14.4. The predicted octanol–water partition coefficient (Wildman–Crippen LogP) is 1.27. The van der Waals surface area contributed by atoms with Gasteiger partial charge in [0.05, 0.1) is 24.1 Å². The van der Waals surface area contributed by atoms with Gasteiger partial charge in [-0.2, -0.15) is 0 Å². The van der Waals surface area contributed by atoms with Crippen LogP contribution in [0.15, 0.2) is 18.2 Å². The van der Waals surface area contributed by atoms with Crippen LogP contribution in [0.1, 0.15) is 12.0 Å². The Morgan fingerprint density at radius 1 is 1.52 bits per heavy atom. The van der Waals surface area contributed by atoms with Crippen LogP contribution in [0, 0.1) is 5.82 Å². The maximum Gasteiger partial charge on any atom is 0.237 e. The highest BCUT2D eigenvalue weighted by Gasteiger charge is 2.32. The molecule has 0 unspecified atom stereocenters. The fourth-order valence-electron chi connectivity index (χ4n) is 2.72. The van der Waals surface area contributed by atoms with E-state index in [2.05, 4.69) is 5.32 Å². The topological polar surface area (TPSA) is 61.9 Å². The molecule has 1 aromatic rings. The van der Waals surface area contributed by atoms with Crippen LogP contribution in [-0.4, -0.2) is 68.1 Å². The molecule has 1 N–H and O–H groups in total. The van der Waals surface area contributed by atoms with E-state index in [1.54, 1.807) is 25.1 Å². The van der Waals surface area contributed by atoms with Gasteiger partial charge in [0, 0.05) is 40.3 Å². The third-order valence-corrected chi connectivity index (χ3v) is 4.54. The Balaban J connectivity index is 2.05. The fourth-order valence-corrected chi connectivity index (χ4v) is 2.84. The second-order valence-corrected chi connectivity index (χ2v) is 6.45. The lowest BCUT2D eigenvalue weighted by Gasteiger charge is -2.35. The first kappa shape index (κ1) is 19.6. The van der Waals surface area contributed by atoms with Gasteiger partial charge in [-0.05, 0) is 17.7 Å². The highest BCUT2D eigenvalue weighted by Crippen LogP contribution is 2.19. The van der Waals surface area contributed by atoms with Gasteiger partial charge in [0.15, 0.2) is 0 Å². The van der Waals surface area contributed by atoms with Crippen molar-refractivity contribution in [3.8, 4) is 0 Å². The van der Waals surface area contributed by atoms with Crippen LogP contribution in [0.5, 0.6) is 0 Å². The Labute approximate surface area is 151 Å². The number of likely N-dealkylation sites (N-methyl/N-ethyl adjacent to an activating group) is 1. The summed E-state index contributed by atoms with van der Waals surface area (Å²) >= 11 is 5.71. The van der Waals surface area contributed by atoms with E-state index < -0.39 is 11.9 Å². The van der Waals surface area contributed by atoms with E-state index in [4.69, 9.17) is 16.3 Å². The molecule has 1 heterocycles. The van der Waals surface area contributed by atoms with Crippen molar-refractivity contribution in [1.82, 2.24) is 15.1 Å². The molecule has 8 heteroatoms. The molecule has 1 saturated heterocycles. The van der Waals surface area contributed by atoms with Gasteiger partial charge in [0.25, 0.3) is 0 Å². The predicted molar refractivity (Wildman–Crippen MR) is 92.7 cm³/mol. The van der Waals surface area contributed by atoms with Gasteiger partial charge in [0.1, 0.15) is 5.82 Å². The van der Waals surface area contributed by atoms with Gasteiger partial charge in [-0.15, -0.1) is 0 Å². The SMILES string of the molecule is COCCN(C)C(=O)C[C@@H]1C(=O)NCCN1Cc1ccc(Cl)c(F)c1. The fraction of sp³-hybridized carbons (Fsp3) is 0.529. The molecule has 0 radical (unpaired) electrons. The molecule has 1 aromatic carbocycles. The minimum Gasteiger partial charge on any atom is -0.383 e. The maximum absolute atomic E-state index is 13.6. The molecule has 0 aliphatic carbocycles. The molecular formula is C17H23ClFN3O3. The average Bonchev–Trinajstić information content (AvgIpc) is 2.58. The summed E-state index contributed by atoms with van der Waals surface area (Å²) in [6.45, 7) is 2.37. The maximum atomic E-state index is 13.6. The number of piperazine rings is 1. The highest BCUT2D eigenvalue weighted by atomic mass is 35.5. The number of nitrogens with zero attached hydrogens (tertiary/aromatic N) is 2. The first-order valence-electron chi connectivity index (χ1n) is 8.11. The summed E-state index contributed by atoms with van der Waals surface area (Å²) in [5.41, 5.74) is 0.710. The number of benzene rings is 1. The van der Waals surface area contributed by atoms with E-state index in [1.165, 1.54) is 12.1 Å². The summed E-state index contributed by atoms with van der Waals surface area (Å²) in [6.07, 6.45) is 0.0715. The Kier molecular flexibility index (Phi) is 7.16. The summed E-state index contributed by atoms with van der Waals surface area (Å²) in [5, 5.41) is 2.85. The van der Waals surface area contributed by atoms with Crippen molar-refractivity contribution in [2.45, 2.75) is 19.0 Å². The van der Waals surface area contributed by atoms with E-state index in [9.17, 15) is 14.0 Å². The van der Waals surface area contributed by atoms with Crippen LogP contribution in [0.3, 0.4) is 0 Å². The summed E-state index contributed by atoms with van der Waals surface area (Å²) in [4.78, 5) is 28.0. The Morgan fingerprint density at radius 2 is 2.28 bits per heavy atom. The Morgan fingerprint density at radius 3 is 2.96 bits per heavy atom. The van der Waals surface area contributed by atoms with Gasteiger partial charge in [-0.25, -0.2) is 4.39 Å². The molecule has 0 bridgehead atoms. The normalized spacial score (nSPS) is 18.1. The van der Waals surface area contributed by atoms with Crippen LogP contribution in [0.4, 0.5) is 4.39 Å². The van der Waals surface area contributed by atoms with Crippen molar-refractivity contribution >= 4 is 23.4 Å². The minimum absolute atomic E-state index is 0.0617. The van der Waals surface area contributed by atoms with Gasteiger partial charge in [0.2, 0.25) is 11.8 Å². The third kappa shape index (κ3) is 5.39. The van der Waals surface area contributed by atoms with E-state index in [-0.39, 0.29) is 23.3 Å². The molecular weight excluding hydrogens is 349 g/mol. The Bertz CT molecular complexity index is 629. The van der Waals surface area contributed by atoms with Gasteiger partial charge < -0.3 is 15.0 Å². The Hall–Kier alpha value is -1.70.